The largest absolute Gasteiger partial charge is 0.463 e. The summed E-state index contributed by atoms with van der Waals surface area (Å²) in [6.45, 7) is 8.51. The molecule has 0 unspecified atom stereocenters. The number of esters is 1. The fraction of sp³-hybridized carbons (Fsp3) is 0.444. The Balaban J connectivity index is 2.48. The van der Waals surface area contributed by atoms with Crippen LogP contribution in [0.2, 0.25) is 0 Å². The van der Waals surface area contributed by atoms with Gasteiger partial charge in [-0.2, -0.15) is 0 Å². The van der Waals surface area contributed by atoms with Crippen LogP contribution in [0.1, 0.15) is 39.3 Å². The molecule has 1 aromatic carbocycles. The van der Waals surface area contributed by atoms with Crippen LogP contribution in [-0.4, -0.2) is 30.1 Å². The van der Waals surface area contributed by atoms with Gasteiger partial charge in [0.2, 0.25) is 0 Å². The molecule has 23 heavy (non-hydrogen) atoms. The molecule has 1 heterocycles. The predicted octanol–water partition coefficient (Wildman–Crippen LogP) is 3.25. The van der Waals surface area contributed by atoms with E-state index in [4.69, 9.17) is 4.74 Å². The summed E-state index contributed by atoms with van der Waals surface area (Å²) in [5.74, 6) is -0.0833. The minimum atomic E-state index is -0.480. The Morgan fingerprint density at radius 2 is 1.96 bits per heavy atom. The Morgan fingerprint density at radius 3 is 2.52 bits per heavy atom. The lowest BCUT2D eigenvalue weighted by atomic mass is 9.94. The van der Waals surface area contributed by atoms with E-state index in [1.807, 2.05) is 51.1 Å². The van der Waals surface area contributed by atoms with Crippen molar-refractivity contribution in [2.24, 2.45) is 5.92 Å². The molecule has 1 N–H and O–H groups in total. The summed E-state index contributed by atoms with van der Waals surface area (Å²) in [5, 5.41) is 2.94. The van der Waals surface area contributed by atoms with Crippen LogP contribution >= 0.6 is 0 Å². The van der Waals surface area contributed by atoms with E-state index in [-0.39, 0.29) is 12.0 Å². The summed E-state index contributed by atoms with van der Waals surface area (Å²) < 4.78 is 5.22. The van der Waals surface area contributed by atoms with Crippen molar-refractivity contribution in [3.05, 3.63) is 47.2 Å². The molecule has 1 atom stereocenters. The maximum absolute atomic E-state index is 12.5. The van der Waals surface area contributed by atoms with Crippen molar-refractivity contribution >= 4 is 12.0 Å². The molecule has 0 fully saturated rings. The van der Waals surface area contributed by atoms with Gasteiger partial charge in [-0.1, -0.05) is 44.2 Å². The van der Waals surface area contributed by atoms with Crippen molar-refractivity contribution in [1.82, 2.24) is 10.2 Å². The first-order valence-electron chi connectivity index (χ1n) is 7.96. The quantitative estimate of drug-likeness (QED) is 0.848. The molecule has 0 aliphatic carbocycles. The van der Waals surface area contributed by atoms with Crippen LogP contribution in [0, 0.1) is 5.92 Å². The SMILES string of the molecule is CCOC(=O)C1=C(C)N(CC(C)C)C(=O)N[C@H]1c1ccccc1. The van der Waals surface area contributed by atoms with Crippen LogP contribution in [-0.2, 0) is 9.53 Å². The highest BCUT2D eigenvalue weighted by Crippen LogP contribution is 2.31. The van der Waals surface area contributed by atoms with Crippen LogP contribution in [0.3, 0.4) is 0 Å². The van der Waals surface area contributed by atoms with Crippen LogP contribution in [0.4, 0.5) is 4.79 Å². The molecule has 1 aromatic rings. The van der Waals surface area contributed by atoms with Gasteiger partial charge in [-0.05, 0) is 25.3 Å². The first-order valence-corrected chi connectivity index (χ1v) is 7.96. The maximum Gasteiger partial charge on any atom is 0.338 e. The lowest BCUT2D eigenvalue weighted by molar-refractivity contribution is -0.139. The van der Waals surface area contributed by atoms with Gasteiger partial charge in [0.1, 0.15) is 0 Å². The number of carbonyl (C=O) groups excluding carboxylic acids is 2. The number of urea groups is 1. The van der Waals surface area contributed by atoms with Gasteiger partial charge in [-0.25, -0.2) is 9.59 Å². The minimum Gasteiger partial charge on any atom is -0.463 e. The van der Waals surface area contributed by atoms with Crippen molar-refractivity contribution in [2.75, 3.05) is 13.2 Å². The van der Waals surface area contributed by atoms with E-state index in [1.165, 1.54) is 0 Å². The summed E-state index contributed by atoms with van der Waals surface area (Å²) in [7, 11) is 0. The molecule has 0 saturated heterocycles. The van der Waals surface area contributed by atoms with Gasteiger partial charge in [0.05, 0.1) is 18.2 Å². The van der Waals surface area contributed by atoms with Gasteiger partial charge < -0.3 is 10.1 Å². The van der Waals surface area contributed by atoms with E-state index in [0.29, 0.717) is 30.3 Å². The fourth-order valence-corrected chi connectivity index (χ4v) is 2.74. The number of benzene rings is 1. The van der Waals surface area contributed by atoms with Gasteiger partial charge in [-0.3, -0.25) is 4.90 Å². The average Bonchev–Trinajstić information content (AvgIpc) is 2.51. The van der Waals surface area contributed by atoms with E-state index >= 15 is 0 Å². The highest BCUT2D eigenvalue weighted by molar-refractivity contribution is 5.95. The first kappa shape index (κ1) is 17.1. The Morgan fingerprint density at radius 1 is 1.30 bits per heavy atom. The number of hydrogen-bond donors (Lipinski definition) is 1. The maximum atomic E-state index is 12.5. The second-order valence-electron chi connectivity index (χ2n) is 6.02. The van der Waals surface area contributed by atoms with Crippen molar-refractivity contribution in [2.45, 2.75) is 33.7 Å². The molecule has 1 aliphatic rings. The van der Waals surface area contributed by atoms with Gasteiger partial charge >= 0.3 is 12.0 Å². The Bertz CT molecular complexity index is 608. The van der Waals surface area contributed by atoms with Crippen LogP contribution in [0.15, 0.2) is 41.6 Å². The molecule has 0 aromatic heterocycles. The topological polar surface area (TPSA) is 58.6 Å². The average molecular weight is 316 g/mol. The predicted molar refractivity (Wildman–Crippen MR) is 88.6 cm³/mol. The van der Waals surface area contributed by atoms with Crippen molar-refractivity contribution in [3.63, 3.8) is 0 Å². The normalized spacial score (nSPS) is 18.2. The number of hydrogen-bond acceptors (Lipinski definition) is 3. The highest BCUT2D eigenvalue weighted by Gasteiger charge is 2.36. The molecule has 0 saturated carbocycles. The third kappa shape index (κ3) is 3.73. The molecule has 2 amide bonds. The summed E-state index contributed by atoms with van der Waals surface area (Å²) >= 11 is 0. The van der Waals surface area contributed by atoms with Crippen LogP contribution in [0.5, 0.6) is 0 Å². The Labute approximate surface area is 137 Å². The third-order valence-electron chi connectivity index (χ3n) is 3.77. The van der Waals surface area contributed by atoms with Crippen molar-refractivity contribution in [3.8, 4) is 0 Å². The highest BCUT2D eigenvalue weighted by atomic mass is 16.5. The molecule has 0 spiro atoms. The van der Waals surface area contributed by atoms with Gasteiger partial charge in [-0.15, -0.1) is 0 Å². The molecule has 0 bridgehead atoms. The Kier molecular flexibility index (Phi) is 5.42. The molecule has 5 nitrogen and oxygen atoms in total. The third-order valence-corrected chi connectivity index (χ3v) is 3.77. The summed E-state index contributed by atoms with van der Waals surface area (Å²) in [6.07, 6.45) is 0. The lowest BCUT2D eigenvalue weighted by Gasteiger charge is -2.36. The molecular formula is C18H24N2O3. The number of allylic oxidation sites excluding steroid dienone is 1. The molecule has 2 rings (SSSR count). The smallest absolute Gasteiger partial charge is 0.338 e. The molecule has 5 heteroatoms. The number of carbonyl (C=O) groups is 2. The Hall–Kier alpha value is -2.30. The zero-order valence-electron chi connectivity index (χ0n) is 14.1. The first-order chi connectivity index (χ1) is 11.0. The number of nitrogens with zero attached hydrogens (tertiary/aromatic N) is 1. The number of ether oxygens (including phenoxy) is 1. The van der Waals surface area contributed by atoms with Gasteiger partial charge in [0, 0.05) is 12.2 Å². The number of rotatable bonds is 5. The van der Waals surface area contributed by atoms with E-state index in [2.05, 4.69) is 5.32 Å². The standard InChI is InChI=1S/C18H24N2O3/c1-5-23-17(21)15-13(4)20(11-12(2)3)18(22)19-16(15)14-9-7-6-8-10-14/h6-10,12,16H,5,11H2,1-4H3,(H,19,22)/t16-/m0/s1. The fourth-order valence-electron chi connectivity index (χ4n) is 2.74. The van der Waals surface area contributed by atoms with Gasteiger partial charge in [0.25, 0.3) is 0 Å². The molecular weight excluding hydrogens is 292 g/mol. The van der Waals surface area contributed by atoms with E-state index in [9.17, 15) is 9.59 Å². The zero-order chi connectivity index (χ0) is 17.0. The van der Waals surface area contributed by atoms with E-state index in [0.717, 1.165) is 5.56 Å². The van der Waals surface area contributed by atoms with E-state index in [1.54, 1.807) is 11.8 Å². The lowest BCUT2D eigenvalue weighted by Crippen LogP contribution is -2.49. The van der Waals surface area contributed by atoms with E-state index < -0.39 is 6.04 Å². The molecule has 1 aliphatic heterocycles. The van der Waals surface area contributed by atoms with Crippen LogP contribution in [0.25, 0.3) is 0 Å². The van der Waals surface area contributed by atoms with Crippen molar-refractivity contribution < 1.29 is 14.3 Å². The van der Waals surface area contributed by atoms with Crippen molar-refractivity contribution in [1.29, 1.82) is 0 Å². The molecule has 0 radical (unpaired) electrons. The second-order valence-corrected chi connectivity index (χ2v) is 6.02. The monoisotopic (exact) mass is 316 g/mol. The van der Waals surface area contributed by atoms with Gasteiger partial charge in [0.15, 0.2) is 0 Å². The zero-order valence-corrected chi connectivity index (χ0v) is 14.1. The minimum absolute atomic E-state index is 0.182. The summed E-state index contributed by atoms with van der Waals surface area (Å²) in [4.78, 5) is 26.6. The number of nitrogens with one attached hydrogen (secondary N) is 1. The second kappa shape index (κ2) is 7.31. The van der Waals surface area contributed by atoms with Crippen LogP contribution < -0.4 is 5.32 Å². The summed E-state index contributed by atoms with van der Waals surface area (Å²) in [5.41, 5.74) is 2.03. The summed E-state index contributed by atoms with van der Waals surface area (Å²) in [6, 6.07) is 8.81. The number of amides is 2. The molecule has 124 valence electrons.